The second-order valence-electron chi connectivity index (χ2n) is 1.05. The Kier molecular flexibility index (Phi) is 3.35. The molecule has 0 aliphatic rings. The van der Waals surface area contributed by atoms with E-state index < -0.39 is 30.0 Å². The molecule has 0 aliphatic carbocycles. The van der Waals surface area contributed by atoms with Crippen LogP contribution in [0.1, 0.15) is 0 Å². The minimum absolute atomic E-state index is 0.755. The molecule has 0 saturated heterocycles. The molecule has 0 aromatic rings. The van der Waals surface area contributed by atoms with Crippen LogP contribution in [-0.2, 0) is 0 Å². The molecule has 0 spiro atoms. The third kappa shape index (κ3) is 6.85. The smallest absolute Gasteiger partial charge is 0.345 e. The lowest BCUT2D eigenvalue weighted by Crippen LogP contribution is -2.07. The van der Waals surface area contributed by atoms with Gasteiger partial charge in [0.25, 0.3) is 0 Å². The molecule has 0 N–H and O–H groups in total. The zero-order valence-corrected chi connectivity index (χ0v) is 5.60. The van der Waals surface area contributed by atoms with Gasteiger partial charge in [0, 0.05) is 0 Å². The van der Waals surface area contributed by atoms with Gasteiger partial charge < -0.3 is 9.07 Å². The zero-order valence-electron chi connectivity index (χ0n) is 3.43. The van der Waals surface area contributed by atoms with E-state index in [1.807, 2.05) is 0 Å². The fourth-order valence-electron chi connectivity index (χ4n) is 0.107. The van der Waals surface area contributed by atoms with Crippen LogP contribution < -0.4 is 0 Å². The van der Waals surface area contributed by atoms with E-state index in [9.17, 15) is 13.2 Å². The monoisotopic (exact) mass is 142 g/mol. The first-order valence-corrected chi connectivity index (χ1v) is 4.83. The van der Waals surface area contributed by atoms with Crippen LogP contribution in [-0.4, -0.2) is 25.4 Å². The van der Waals surface area contributed by atoms with Crippen LogP contribution in [0, 0.1) is 0 Å². The van der Waals surface area contributed by atoms with E-state index in [1.165, 1.54) is 0 Å². The van der Waals surface area contributed by atoms with Gasteiger partial charge in [0.1, 0.15) is 0 Å². The predicted octanol–water partition coefficient (Wildman–Crippen LogP) is 1.82. The molecule has 0 rings (SSSR count). The third-order valence-corrected chi connectivity index (χ3v) is 1.70. The van der Waals surface area contributed by atoms with Crippen LogP contribution in [0.4, 0.5) is 13.2 Å². The van der Waals surface area contributed by atoms with Crippen molar-refractivity contribution in [3.05, 3.63) is 0 Å². The second kappa shape index (κ2) is 2.99. The fraction of sp³-hybridized carbons (Fsp3) is 1.00. The quantitative estimate of drug-likeness (QED) is 0.491. The minimum Gasteiger partial charge on any atom is -0.345 e. The van der Waals surface area contributed by atoms with E-state index in [1.54, 1.807) is 0 Å². The SMILES string of the molecule is FC(F)(F)[CH2][Mg][Cl]. The van der Waals surface area contributed by atoms with Gasteiger partial charge >= 0.3 is 25.4 Å². The van der Waals surface area contributed by atoms with Crippen LogP contribution >= 0.6 is 9.07 Å². The summed E-state index contributed by atoms with van der Waals surface area (Å²) < 4.78 is 32.3. The van der Waals surface area contributed by atoms with E-state index in [4.69, 9.17) is 9.07 Å². The first kappa shape index (κ1) is 7.85. The van der Waals surface area contributed by atoms with Crippen LogP contribution in [0.25, 0.3) is 0 Å². The largest absolute Gasteiger partial charge is 0.511 e. The van der Waals surface area contributed by atoms with Crippen molar-refractivity contribution in [1.82, 2.24) is 0 Å². The molecule has 0 nitrogen and oxygen atoms in total. The highest BCUT2D eigenvalue weighted by Gasteiger charge is 2.26. The van der Waals surface area contributed by atoms with E-state index in [-0.39, 0.29) is 0 Å². The molecule has 0 unspecified atom stereocenters. The van der Waals surface area contributed by atoms with Gasteiger partial charge in [-0.25, -0.2) is 0 Å². The average molecular weight is 143 g/mol. The first-order chi connectivity index (χ1) is 3.06. The summed E-state index contributed by atoms with van der Waals surface area (Å²) in [6.07, 6.45) is -4.02. The standard InChI is InChI=1S/C2H2F3.ClH.Mg/c1-2(3,4)5;;/h1H2;1H;/q;;+1/p-1. The van der Waals surface area contributed by atoms with E-state index in [2.05, 4.69) is 0 Å². The average Bonchev–Trinajstić information content (AvgIpc) is 1.30. The summed E-state index contributed by atoms with van der Waals surface area (Å²) in [7, 11) is 4.91. The Morgan fingerprint density at radius 1 is 1.43 bits per heavy atom. The number of rotatable bonds is 1. The molecule has 0 amide bonds. The molecule has 0 saturated carbocycles. The first-order valence-electron chi connectivity index (χ1n) is 1.69. The number of hydrogen-bond donors (Lipinski definition) is 0. The molecule has 0 aromatic heterocycles. The maximum absolute atomic E-state index is 11.0. The highest BCUT2D eigenvalue weighted by atomic mass is 35.5. The number of alkyl halides is 3. The lowest BCUT2D eigenvalue weighted by Gasteiger charge is -1.98. The van der Waals surface area contributed by atoms with Gasteiger partial charge in [-0.05, 0) is 4.55 Å². The van der Waals surface area contributed by atoms with Gasteiger partial charge in [0.05, 0.1) is 0 Å². The lowest BCUT2D eigenvalue weighted by atomic mass is 10.8. The van der Waals surface area contributed by atoms with Crippen molar-refractivity contribution in [3.63, 3.8) is 0 Å². The van der Waals surface area contributed by atoms with Gasteiger partial charge in [-0.3, -0.25) is 0 Å². The normalized spacial score (nSPS) is 10.9. The Morgan fingerprint density at radius 2 is 1.86 bits per heavy atom. The molecule has 0 aliphatic heterocycles. The van der Waals surface area contributed by atoms with Crippen molar-refractivity contribution in [2.75, 3.05) is 0 Å². The summed E-state index contributed by atoms with van der Waals surface area (Å²) in [6, 6.07) is 0. The van der Waals surface area contributed by atoms with Crippen molar-refractivity contribution in [2.24, 2.45) is 0 Å². The van der Waals surface area contributed by atoms with Crippen LogP contribution in [0.15, 0.2) is 0 Å². The predicted molar refractivity (Wildman–Crippen MR) is 22.5 cm³/mol. The highest BCUT2D eigenvalue weighted by Crippen LogP contribution is 2.19. The Morgan fingerprint density at radius 3 is 1.86 bits per heavy atom. The summed E-state index contributed by atoms with van der Waals surface area (Å²) in [5.74, 6) is 0. The number of halogens is 4. The molecular weight excluding hydrogens is 141 g/mol. The van der Waals surface area contributed by atoms with Crippen molar-refractivity contribution in [2.45, 2.75) is 10.7 Å². The summed E-state index contributed by atoms with van der Waals surface area (Å²) in [5.41, 5.74) is 0. The molecule has 0 fully saturated rings. The van der Waals surface area contributed by atoms with Gasteiger partial charge in [-0.15, -0.1) is 0 Å². The molecule has 7 heavy (non-hydrogen) atoms. The van der Waals surface area contributed by atoms with Gasteiger partial charge in [-0.2, -0.15) is 13.2 Å². The summed E-state index contributed by atoms with van der Waals surface area (Å²) in [5, 5.41) is 0. The Bertz CT molecular complexity index is 51.4. The van der Waals surface area contributed by atoms with Crippen LogP contribution in [0.2, 0.25) is 4.55 Å². The summed E-state index contributed by atoms with van der Waals surface area (Å²) in [4.78, 5) is 0. The van der Waals surface area contributed by atoms with Crippen molar-refractivity contribution in [3.8, 4) is 0 Å². The second-order valence-corrected chi connectivity index (χ2v) is 3.07. The minimum atomic E-state index is -4.02. The topological polar surface area (TPSA) is 0 Å². The molecule has 0 heterocycles. The maximum Gasteiger partial charge on any atom is 0.511 e. The Balaban J connectivity index is 3.15. The van der Waals surface area contributed by atoms with E-state index >= 15 is 0 Å². The van der Waals surface area contributed by atoms with Crippen molar-refractivity contribution < 1.29 is 13.2 Å². The zero-order chi connectivity index (χ0) is 5.91. The Labute approximate surface area is 52.5 Å². The molecule has 0 aromatic carbocycles. The highest BCUT2D eigenvalue weighted by molar-refractivity contribution is 6.93. The van der Waals surface area contributed by atoms with Gasteiger partial charge in [0.15, 0.2) is 0 Å². The summed E-state index contributed by atoms with van der Waals surface area (Å²) in [6.45, 7) is 0. The molecule has 5 heteroatoms. The third-order valence-electron chi connectivity index (χ3n) is 0.378. The Hall–Kier alpha value is 0.846. The van der Waals surface area contributed by atoms with Gasteiger partial charge in [-0.1, -0.05) is 0 Å². The van der Waals surface area contributed by atoms with E-state index in [0.29, 0.717) is 0 Å². The fourth-order valence-corrected chi connectivity index (χ4v) is 0.964. The van der Waals surface area contributed by atoms with Gasteiger partial charge in [0.2, 0.25) is 0 Å². The van der Waals surface area contributed by atoms with Crippen LogP contribution in [0.5, 0.6) is 0 Å². The number of hydrogen-bond acceptors (Lipinski definition) is 0. The molecular formula is C2H2ClF3Mg. The maximum atomic E-state index is 11.0. The summed E-state index contributed by atoms with van der Waals surface area (Å²) >= 11 is -1.34. The molecule has 40 valence electrons. The van der Waals surface area contributed by atoms with Crippen molar-refractivity contribution in [1.29, 1.82) is 0 Å². The molecule has 0 radical (unpaired) electrons. The molecule has 0 bridgehead atoms. The van der Waals surface area contributed by atoms with E-state index in [0.717, 1.165) is 0 Å². The lowest BCUT2D eigenvalue weighted by molar-refractivity contribution is -0.109. The van der Waals surface area contributed by atoms with Crippen LogP contribution in [0.3, 0.4) is 0 Å². The van der Waals surface area contributed by atoms with Crippen molar-refractivity contribution >= 4 is 28.3 Å². The molecule has 0 atom stereocenters.